The van der Waals surface area contributed by atoms with E-state index in [-0.39, 0.29) is 17.7 Å². The minimum Gasteiger partial charge on any atom is -0.493 e. The molecule has 2 atom stereocenters. The number of para-hydroxylation sites is 2. The van der Waals surface area contributed by atoms with Gasteiger partial charge in [-0.05, 0) is 59.9 Å². The molecule has 0 spiro atoms. The van der Waals surface area contributed by atoms with Crippen LogP contribution in [0, 0.1) is 0 Å². The number of anilines is 3. The summed E-state index contributed by atoms with van der Waals surface area (Å²) in [4.78, 5) is 15.9. The minimum atomic E-state index is -0.254. The molecule has 7 heteroatoms. The van der Waals surface area contributed by atoms with Crippen LogP contribution < -0.4 is 29.7 Å². The van der Waals surface area contributed by atoms with E-state index in [0.717, 1.165) is 39.5 Å². The van der Waals surface area contributed by atoms with E-state index in [1.807, 2.05) is 50.5 Å². The fraction of sp³-hybridized carbons (Fsp3) is 0.300. The Bertz CT molecular complexity index is 1320. The molecule has 192 valence electrons. The largest absolute Gasteiger partial charge is 0.493 e. The Morgan fingerprint density at radius 2 is 1.46 bits per heavy atom. The second kappa shape index (κ2) is 10.1. The number of hydrogen-bond acceptors (Lipinski definition) is 7. The first kappa shape index (κ1) is 24.6. The first-order valence-electron chi connectivity index (χ1n) is 12.4. The van der Waals surface area contributed by atoms with Gasteiger partial charge in [-0.15, -0.1) is 0 Å². The zero-order valence-corrected chi connectivity index (χ0v) is 21.9. The van der Waals surface area contributed by atoms with Crippen LogP contribution in [0.25, 0.3) is 0 Å². The number of ketones is 1. The lowest BCUT2D eigenvalue weighted by molar-refractivity contribution is -0.116. The Morgan fingerprint density at radius 1 is 0.811 bits per heavy atom. The first-order chi connectivity index (χ1) is 17.9. The molecule has 1 aliphatic heterocycles. The lowest BCUT2D eigenvalue weighted by Crippen LogP contribution is -2.27. The summed E-state index contributed by atoms with van der Waals surface area (Å²) in [5.41, 5.74) is 6.80. The lowest BCUT2D eigenvalue weighted by Gasteiger charge is -2.30. The zero-order chi connectivity index (χ0) is 26.1. The fourth-order valence-corrected chi connectivity index (χ4v) is 5.28. The summed E-state index contributed by atoms with van der Waals surface area (Å²) in [6.45, 7) is 0. The second-order valence-electron chi connectivity index (χ2n) is 9.61. The number of methoxy groups -OCH3 is 3. The minimum absolute atomic E-state index is 0.0329. The maximum Gasteiger partial charge on any atom is 0.203 e. The Morgan fingerprint density at radius 3 is 2.05 bits per heavy atom. The Labute approximate surface area is 218 Å². The van der Waals surface area contributed by atoms with Crippen LogP contribution in [0.15, 0.2) is 71.9 Å². The molecule has 0 bridgehead atoms. The number of fused-ring (bicyclic) bond motifs is 1. The average molecular weight is 500 g/mol. The summed E-state index contributed by atoms with van der Waals surface area (Å²) in [5.74, 6) is 1.80. The van der Waals surface area contributed by atoms with Crippen molar-refractivity contribution in [1.29, 1.82) is 0 Å². The summed E-state index contributed by atoms with van der Waals surface area (Å²) >= 11 is 0. The SMILES string of the molecule is COc1cc([C@H]2CC(=O)C3=C(C2)Nc2ccccc2N[C@@H]3c2ccc(N(C)C)cc2)cc(OC)c1OC. The van der Waals surface area contributed by atoms with Gasteiger partial charge < -0.3 is 29.7 Å². The highest BCUT2D eigenvalue weighted by Gasteiger charge is 2.36. The van der Waals surface area contributed by atoms with E-state index >= 15 is 0 Å². The molecule has 0 amide bonds. The topological polar surface area (TPSA) is 72.1 Å². The summed E-state index contributed by atoms with van der Waals surface area (Å²) in [5, 5.41) is 7.25. The van der Waals surface area contributed by atoms with E-state index in [4.69, 9.17) is 14.2 Å². The van der Waals surface area contributed by atoms with Gasteiger partial charge in [0.25, 0.3) is 0 Å². The molecular formula is C30H33N3O4. The highest BCUT2D eigenvalue weighted by Crippen LogP contribution is 2.47. The van der Waals surface area contributed by atoms with Crippen LogP contribution in [-0.4, -0.2) is 41.2 Å². The number of nitrogens with one attached hydrogen (secondary N) is 2. The van der Waals surface area contributed by atoms with Gasteiger partial charge in [-0.2, -0.15) is 0 Å². The van der Waals surface area contributed by atoms with Crippen molar-refractivity contribution in [3.8, 4) is 17.2 Å². The van der Waals surface area contributed by atoms with Crippen molar-refractivity contribution in [1.82, 2.24) is 0 Å². The number of hydrogen-bond donors (Lipinski definition) is 2. The van der Waals surface area contributed by atoms with Gasteiger partial charge in [0, 0.05) is 37.5 Å². The molecule has 1 heterocycles. The molecule has 0 aromatic heterocycles. The van der Waals surface area contributed by atoms with Crippen molar-refractivity contribution in [3.05, 3.63) is 83.1 Å². The van der Waals surface area contributed by atoms with E-state index in [2.05, 4.69) is 39.8 Å². The molecule has 0 fully saturated rings. The standard InChI is InChI=1S/C30H33N3O4/c1-33(2)21-12-10-18(11-13-21)29-28-24(31-22-8-6-7-9-23(22)32-29)14-19(15-25(28)34)20-16-26(35-3)30(37-5)27(17-20)36-4/h6-13,16-17,19,29,31-32H,14-15H2,1-5H3/t19-,29-/m1/s1. The van der Waals surface area contributed by atoms with Gasteiger partial charge in [-0.1, -0.05) is 24.3 Å². The summed E-state index contributed by atoms with van der Waals surface area (Å²) in [6.07, 6.45) is 1.07. The second-order valence-corrected chi connectivity index (χ2v) is 9.61. The van der Waals surface area contributed by atoms with Crippen molar-refractivity contribution >= 4 is 22.8 Å². The van der Waals surface area contributed by atoms with Crippen LogP contribution in [0.1, 0.15) is 35.9 Å². The quantitative estimate of drug-likeness (QED) is 0.447. The number of Topliss-reactive ketones (excluding diaryl/α,β-unsaturated/α-hetero) is 1. The zero-order valence-electron chi connectivity index (χ0n) is 21.9. The van der Waals surface area contributed by atoms with Gasteiger partial charge >= 0.3 is 0 Å². The van der Waals surface area contributed by atoms with Gasteiger partial charge in [-0.3, -0.25) is 4.79 Å². The maximum atomic E-state index is 13.9. The molecule has 0 unspecified atom stereocenters. The van der Waals surface area contributed by atoms with Crippen LogP contribution in [0.5, 0.6) is 17.2 Å². The Hall–Kier alpha value is -4.13. The number of carbonyl (C=O) groups excluding carboxylic acids is 1. The molecule has 0 radical (unpaired) electrons. The van der Waals surface area contributed by atoms with Crippen molar-refractivity contribution in [2.45, 2.75) is 24.8 Å². The van der Waals surface area contributed by atoms with Crippen LogP contribution in [0.4, 0.5) is 17.1 Å². The van der Waals surface area contributed by atoms with E-state index < -0.39 is 0 Å². The number of benzene rings is 3. The number of ether oxygens (including phenoxy) is 3. The van der Waals surface area contributed by atoms with Crippen molar-refractivity contribution in [2.75, 3.05) is 51.0 Å². The van der Waals surface area contributed by atoms with Crippen LogP contribution in [0.2, 0.25) is 0 Å². The monoisotopic (exact) mass is 499 g/mol. The number of nitrogens with zero attached hydrogens (tertiary/aromatic N) is 1. The highest BCUT2D eigenvalue weighted by atomic mass is 16.5. The Balaban J connectivity index is 1.58. The molecule has 3 aromatic carbocycles. The molecule has 1 aliphatic carbocycles. The predicted molar refractivity (Wildman–Crippen MR) is 147 cm³/mol. The van der Waals surface area contributed by atoms with Gasteiger partial charge in [0.2, 0.25) is 5.75 Å². The highest BCUT2D eigenvalue weighted by molar-refractivity contribution is 6.01. The third-order valence-corrected chi connectivity index (χ3v) is 7.21. The summed E-state index contributed by atoms with van der Waals surface area (Å²) in [6, 6.07) is 20.1. The molecule has 2 N–H and O–H groups in total. The van der Waals surface area contributed by atoms with E-state index in [1.165, 1.54) is 0 Å². The molecule has 7 nitrogen and oxygen atoms in total. The van der Waals surface area contributed by atoms with E-state index in [9.17, 15) is 4.79 Å². The summed E-state index contributed by atoms with van der Waals surface area (Å²) in [7, 11) is 8.85. The van der Waals surface area contributed by atoms with Crippen LogP contribution >= 0.6 is 0 Å². The van der Waals surface area contributed by atoms with Gasteiger partial charge in [0.15, 0.2) is 17.3 Å². The first-order valence-corrected chi connectivity index (χ1v) is 12.4. The van der Waals surface area contributed by atoms with Crippen LogP contribution in [0.3, 0.4) is 0 Å². The Kier molecular flexibility index (Phi) is 6.70. The van der Waals surface area contributed by atoms with Gasteiger partial charge in [-0.25, -0.2) is 0 Å². The fourth-order valence-electron chi connectivity index (χ4n) is 5.28. The van der Waals surface area contributed by atoms with E-state index in [0.29, 0.717) is 30.1 Å². The molecular weight excluding hydrogens is 466 g/mol. The van der Waals surface area contributed by atoms with Gasteiger partial charge in [0.1, 0.15) is 0 Å². The summed E-state index contributed by atoms with van der Waals surface area (Å²) < 4.78 is 16.7. The van der Waals surface area contributed by atoms with Crippen molar-refractivity contribution in [3.63, 3.8) is 0 Å². The third kappa shape index (κ3) is 4.57. The lowest BCUT2D eigenvalue weighted by atomic mass is 9.78. The normalized spacial score (nSPS) is 18.6. The molecule has 3 aromatic rings. The molecule has 0 saturated heterocycles. The number of carbonyl (C=O) groups is 1. The van der Waals surface area contributed by atoms with Crippen LogP contribution in [-0.2, 0) is 4.79 Å². The van der Waals surface area contributed by atoms with Crippen molar-refractivity contribution in [2.24, 2.45) is 0 Å². The predicted octanol–water partition coefficient (Wildman–Crippen LogP) is 5.76. The third-order valence-electron chi connectivity index (χ3n) is 7.21. The van der Waals surface area contributed by atoms with Gasteiger partial charge in [0.05, 0.1) is 38.7 Å². The smallest absolute Gasteiger partial charge is 0.203 e. The number of rotatable bonds is 6. The maximum absolute atomic E-state index is 13.9. The molecule has 5 rings (SSSR count). The molecule has 0 saturated carbocycles. The molecule has 2 aliphatic rings. The number of allylic oxidation sites excluding steroid dienone is 1. The molecule has 37 heavy (non-hydrogen) atoms. The van der Waals surface area contributed by atoms with E-state index in [1.54, 1.807) is 21.3 Å². The average Bonchev–Trinajstić information content (AvgIpc) is 3.09. The van der Waals surface area contributed by atoms with Crippen molar-refractivity contribution < 1.29 is 19.0 Å².